The molecule has 1 aliphatic rings. The van der Waals surface area contributed by atoms with Crippen LogP contribution in [0, 0.1) is 5.92 Å². The van der Waals surface area contributed by atoms with Gasteiger partial charge in [-0.15, -0.1) is 0 Å². The molecule has 24 heavy (non-hydrogen) atoms. The van der Waals surface area contributed by atoms with Crippen molar-refractivity contribution in [1.29, 1.82) is 0 Å². The van der Waals surface area contributed by atoms with Crippen LogP contribution in [0.4, 0.5) is 0 Å². The van der Waals surface area contributed by atoms with Crippen LogP contribution in [0.3, 0.4) is 0 Å². The van der Waals surface area contributed by atoms with E-state index in [9.17, 15) is 14.7 Å². The molecule has 6 nitrogen and oxygen atoms in total. The van der Waals surface area contributed by atoms with E-state index in [2.05, 4.69) is 0 Å². The summed E-state index contributed by atoms with van der Waals surface area (Å²) >= 11 is 0. The summed E-state index contributed by atoms with van der Waals surface area (Å²) in [4.78, 5) is 24.6. The number of ether oxygens (including phenoxy) is 2. The summed E-state index contributed by atoms with van der Waals surface area (Å²) in [6.45, 7) is 3.96. The molecule has 0 bridgehead atoms. The number of aromatic nitrogens is 1. The first-order chi connectivity index (χ1) is 11.6. The van der Waals surface area contributed by atoms with Crippen molar-refractivity contribution in [2.75, 3.05) is 13.2 Å². The van der Waals surface area contributed by atoms with Gasteiger partial charge >= 0.3 is 11.9 Å². The minimum Gasteiger partial charge on any atom is -0.505 e. The number of rotatable bonds is 4. The third-order valence-electron chi connectivity index (χ3n) is 4.09. The van der Waals surface area contributed by atoms with Crippen molar-refractivity contribution in [2.45, 2.75) is 20.4 Å². The molecular weight excluding hydrogens is 310 g/mol. The zero-order valence-corrected chi connectivity index (χ0v) is 13.6. The van der Waals surface area contributed by atoms with Crippen molar-refractivity contribution in [1.82, 2.24) is 4.57 Å². The molecule has 0 spiro atoms. The SMILES string of the molecule is CCOC(=O)C1=C(O)c2cc3ccccc3n2CC1C(=O)OCC. The monoisotopic (exact) mass is 329 g/mol. The zero-order chi connectivity index (χ0) is 17.3. The van der Waals surface area contributed by atoms with E-state index in [1.807, 2.05) is 28.8 Å². The van der Waals surface area contributed by atoms with Crippen LogP contribution in [0.2, 0.25) is 0 Å². The minimum absolute atomic E-state index is 0.0365. The zero-order valence-electron chi connectivity index (χ0n) is 13.6. The van der Waals surface area contributed by atoms with Crippen molar-refractivity contribution < 1.29 is 24.2 Å². The van der Waals surface area contributed by atoms with Gasteiger partial charge in [0.2, 0.25) is 0 Å². The van der Waals surface area contributed by atoms with Gasteiger partial charge in [-0.25, -0.2) is 4.79 Å². The molecule has 1 N–H and O–H groups in total. The first-order valence-electron chi connectivity index (χ1n) is 7.94. The first-order valence-corrected chi connectivity index (χ1v) is 7.94. The summed E-state index contributed by atoms with van der Waals surface area (Å²) in [6, 6.07) is 9.40. The van der Waals surface area contributed by atoms with Gasteiger partial charge in [0.05, 0.1) is 24.5 Å². The van der Waals surface area contributed by atoms with Crippen molar-refractivity contribution in [3.05, 3.63) is 41.6 Å². The number of para-hydroxylation sites is 1. The maximum atomic E-state index is 12.3. The number of hydrogen-bond acceptors (Lipinski definition) is 5. The Hall–Kier alpha value is -2.76. The Labute approximate surface area is 139 Å². The molecule has 0 saturated carbocycles. The van der Waals surface area contributed by atoms with E-state index >= 15 is 0 Å². The Balaban J connectivity index is 2.17. The van der Waals surface area contributed by atoms with Crippen LogP contribution in [-0.2, 0) is 25.6 Å². The molecule has 1 aliphatic heterocycles. The normalized spacial score (nSPS) is 16.8. The highest BCUT2D eigenvalue weighted by Gasteiger charge is 2.38. The molecule has 2 aromatic rings. The Morgan fingerprint density at radius 3 is 2.62 bits per heavy atom. The van der Waals surface area contributed by atoms with E-state index in [0.29, 0.717) is 5.69 Å². The number of fused-ring (bicyclic) bond motifs is 3. The van der Waals surface area contributed by atoms with E-state index in [1.165, 1.54) is 0 Å². The van der Waals surface area contributed by atoms with Crippen LogP contribution < -0.4 is 0 Å². The molecule has 1 aromatic heterocycles. The van der Waals surface area contributed by atoms with E-state index in [1.54, 1.807) is 19.9 Å². The van der Waals surface area contributed by atoms with Crippen molar-refractivity contribution in [2.24, 2.45) is 5.92 Å². The maximum Gasteiger partial charge on any atom is 0.338 e. The highest BCUT2D eigenvalue weighted by molar-refractivity contribution is 6.03. The maximum absolute atomic E-state index is 12.3. The van der Waals surface area contributed by atoms with Crippen LogP contribution in [0.5, 0.6) is 0 Å². The molecule has 2 heterocycles. The van der Waals surface area contributed by atoms with Gasteiger partial charge in [0.1, 0.15) is 5.92 Å². The molecule has 6 heteroatoms. The number of carbonyl (C=O) groups is 2. The number of carbonyl (C=O) groups excluding carboxylic acids is 2. The van der Waals surface area contributed by atoms with Gasteiger partial charge in [0.25, 0.3) is 0 Å². The topological polar surface area (TPSA) is 77.8 Å². The van der Waals surface area contributed by atoms with E-state index in [0.717, 1.165) is 10.9 Å². The summed E-state index contributed by atoms with van der Waals surface area (Å²) in [5.74, 6) is -2.36. The average molecular weight is 329 g/mol. The minimum atomic E-state index is -0.896. The number of hydrogen-bond donors (Lipinski definition) is 1. The van der Waals surface area contributed by atoms with Crippen LogP contribution in [0.25, 0.3) is 16.7 Å². The summed E-state index contributed by atoms with van der Waals surface area (Å²) in [5, 5.41) is 11.6. The lowest BCUT2D eigenvalue weighted by Gasteiger charge is -2.26. The Morgan fingerprint density at radius 1 is 1.21 bits per heavy atom. The highest BCUT2D eigenvalue weighted by Crippen LogP contribution is 2.35. The summed E-state index contributed by atoms with van der Waals surface area (Å²) in [6.07, 6.45) is 0. The first kappa shape index (κ1) is 16.1. The summed E-state index contributed by atoms with van der Waals surface area (Å²) < 4.78 is 11.9. The molecule has 1 atom stereocenters. The number of aliphatic hydroxyl groups excluding tert-OH is 1. The van der Waals surface area contributed by atoms with Gasteiger partial charge in [0.15, 0.2) is 5.76 Å². The lowest BCUT2D eigenvalue weighted by atomic mass is 9.93. The van der Waals surface area contributed by atoms with Crippen LogP contribution >= 0.6 is 0 Å². The Bertz CT molecular complexity index is 833. The standard InChI is InChI=1S/C18H19NO5/c1-3-23-17(21)12-10-19-13-8-6-5-7-11(13)9-14(19)16(20)15(12)18(22)24-4-2/h5-9,12,20H,3-4,10H2,1-2H3. The summed E-state index contributed by atoms with van der Waals surface area (Å²) in [5.41, 5.74) is 1.35. The van der Waals surface area contributed by atoms with Gasteiger partial charge in [-0.05, 0) is 26.0 Å². The van der Waals surface area contributed by atoms with E-state index in [-0.39, 0.29) is 31.1 Å². The smallest absolute Gasteiger partial charge is 0.338 e. The second-order valence-electron chi connectivity index (χ2n) is 5.49. The van der Waals surface area contributed by atoms with Crippen LogP contribution in [-0.4, -0.2) is 34.8 Å². The van der Waals surface area contributed by atoms with Crippen molar-refractivity contribution in [3.8, 4) is 0 Å². The van der Waals surface area contributed by atoms with E-state index in [4.69, 9.17) is 9.47 Å². The van der Waals surface area contributed by atoms with Crippen LogP contribution in [0.15, 0.2) is 35.9 Å². The number of benzene rings is 1. The van der Waals surface area contributed by atoms with Gasteiger partial charge in [-0.2, -0.15) is 0 Å². The van der Waals surface area contributed by atoms with Crippen LogP contribution in [0.1, 0.15) is 19.5 Å². The third kappa shape index (κ3) is 2.54. The lowest BCUT2D eigenvalue weighted by molar-refractivity contribution is -0.150. The fourth-order valence-electron chi connectivity index (χ4n) is 3.06. The molecule has 126 valence electrons. The lowest BCUT2D eigenvalue weighted by Crippen LogP contribution is -2.33. The number of aliphatic hydroxyl groups is 1. The molecule has 1 aromatic carbocycles. The number of nitrogens with zero attached hydrogens (tertiary/aromatic N) is 1. The molecule has 0 aliphatic carbocycles. The fourth-order valence-corrected chi connectivity index (χ4v) is 3.06. The molecule has 0 saturated heterocycles. The Kier molecular flexibility index (Phi) is 4.29. The van der Waals surface area contributed by atoms with Gasteiger partial charge in [-0.3, -0.25) is 4.79 Å². The molecule has 1 unspecified atom stereocenters. The van der Waals surface area contributed by atoms with E-state index < -0.39 is 17.9 Å². The second kappa shape index (κ2) is 6.39. The highest BCUT2D eigenvalue weighted by atomic mass is 16.5. The quantitative estimate of drug-likeness (QED) is 0.873. The fraction of sp³-hybridized carbons (Fsp3) is 0.333. The third-order valence-corrected chi connectivity index (χ3v) is 4.09. The largest absolute Gasteiger partial charge is 0.505 e. The van der Waals surface area contributed by atoms with Crippen molar-refractivity contribution in [3.63, 3.8) is 0 Å². The van der Waals surface area contributed by atoms with Gasteiger partial charge in [-0.1, -0.05) is 18.2 Å². The molecule has 3 rings (SSSR count). The Morgan fingerprint density at radius 2 is 1.92 bits per heavy atom. The van der Waals surface area contributed by atoms with Gasteiger partial charge in [0, 0.05) is 17.4 Å². The second-order valence-corrected chi connectivity index (χ2v) is 5.49. The molecule has 0 fully saturated rings. The summed E-state index contributed by atoms with van der Waals surface area (Å²) in [7, 11) is 0. The van der Waals surface area contributed by atoms with Crippen molar-refractivity contribution >= 4 is 28.6 Å². The molecular formula is C18H19NO5. The predicted octanol–water partition coefficient (Wildman–Crippen LogP) is 2.67. The van der Waals surface area contributed by atoms with Gasteiger partial charge < -0.3 is 19.1 Å². The molecule has 0 amide bonds. The predicted molar refractivity (Wildman–Crippen MR) is 88.2 cm³/mol. The molecule has 0 radical (unpaired) electrons. The average Bonchev–Trinajstić information content (AvgIpc) is 2.94. The number of esters is 2.